The minimum Gasteiger partial charge on any atom is -0.508 e. The lowest BCUT2D eigenvalue weighted by Gasteiger charge is -2.00. The van der Waals surface area contributed by atoms with E-state index < -0.39 is 4.92 Å². The van der Waals surface area contributed by atoms with Crippen molar-refractivity contribution in [3.8, 4) is 34.0 Å². The van der Waals surface area contributed by atoms with Gasteiger partial charge in [0.25, 0.3) is 0 Å². The first kappa shape index (κ1) is 13.6. The Morgan fingerprint density at radius 3 is 1.91 bits per heavy atom. The molecular formula is C15H11N3O4. The highest BCUT2D eigenvalue weighted by Crippen LogP contribution is 2.37. The number of H-pyrrole nitrogens is 1. The van der Waals surface area contributed by atoms with Gasteiger partial charge in [-0.3, -0.25) is 15.2 Å². The molecule has 0 amide bonds. The maximum absolute atomic E-state index is 11.4. The Kier molecular flexibility index (Phi) is 3.23. The number of hydrogen-bond donors (Lipinski definition) is 3. The summed E-state index contributed by atoms with van der Waals surface area (Å²) < 4.78 is 0. The minimum absolute atomic E-state index is 0.0701. The summed E-state index contributed by atoms with van der Waals surface area (Å²) in [4.78, 5) is 10.9. The monoisotopic (exact) mass is 297 g/mol. The van der Waals surface area contributed by atoms with Crippen LogP contribution < -0.4 is 0 Å². The van der Waals surface area contributed by atoms with Crippen molar-refractivity contribution in [3.05, 3.63) is 58.6 Å². The molecule has 0 atom stereocenters. The molecule has 0 bridgehead atoms. The Bertz CT molecular complexity index is 760. The van der Waals surface area contributed by atoms with Gasteiger partial charge in [0.05, 0.1) is 4.92 Å². The van der Waals surface area contributed by atoms with Crippen LogP contribution in [0.3, 0.4) is 0 Å². The van der Waals surface area contributed by atoms with Crippen LogP contribution >= 0.6 is 0 Å². The van der Waals surface area contributed by atoms with E-state index in [1.165, 1.54) is 24.3 Å². The van der Waals surface area contributed by atoms with Crippen molar-refractivity contribution in [3.63, 3.8) is 0 Å². The van der Waals surface area contributed by atoms with Gasteiger partial charge in [-0.15, -0.1) is 0 Å². The fourth-order valence-electron chi connectivity index (χ4n) is 2.16. The lowest BCUT2D eigenvalue weighted by Crippen LogP contribution is -1.92. The summed E-state index contributed by atoms with van der Waals surface area (Å²) in [7, 11) is 0. The fraction of sp³-hybridized carbons (Fsp3) is 0. The molecule has 3 N–H and O–H groups in total. The molecule has 0 aliphatic rings. The van der Waals surface area contributed by atoms with Gasteiger partial charge in [-0.05, 0) is 48.5 Å². The largest absolute Gasteiger partial charge is 0.508 e. The normalized spacial score (nSPS) is 10.5. The van der Waals surface area contributed by atoms with Gasteiger partial charge in [-0.1, -0.05) is 0 Å². The fourth-order valence-corrected chi connectivity index (χ4v) is 2.16. The number of phenolic OH excluding ortho intramolecular Hbond substituents is 2. The van der Waals surface area contributed by atoms with E-state index in [4.69, 9.17) is 0 Å². The third-order valence-electron chi connectivity index (χ3n) is 3.22. The molecule has 22 heavy (non-hydrogen) atoms. The summed E-state index contributed by atoms with van der Waals surface area (Å²) in [6, 6.07) is 12.0. The van der Waals surface area contributed by atoms with Crippen molar-refractivity contribution in [2.45, 2.75) is 0 Å². The van der Waals surface area contributed by atoms with Crippen molar-refractivity contribution in [2.24, 2.45) is 0 Å². The molecule has 7 nitrogen and oxygen atoms in total. The van der Waals surface area contributed by atoms with Crippen molar-refractivity contribution >= 4 is 5.69 Å². The molecule has 0 saturated heterocycles. The Morgan fingerprint density at radius 1 is 0.909 bits per heavy atom. The Morgan fingerprint density at radius 2 is 1.41 bits per heavy atom. The van der Waals surface area contributed by atoms with Gasteiger partial charge in [-0.2, -0.15) is 5.10 Å². The maximum atomic E-state index is 11.4. The summed E-state index contributed by atoms with van der Waals surface area (Å²) in [6.07, 6.45) is 0. The van der Waals surface area contributed by atoms with Gasteiger partial charge in [0.15, 0.2) is 5.69 Å². The van der Waals surface area contributed by atoms with Crippen LogP contribution in [0.25, 0.3) is 22.5 Å². The number of aromatic nitrogens is 2. The van der Waals surface area contributed by atoms with Crippen molar-refractivity contribution in [1.29, 1.82) is 0 Å². The topological polar surface area (TPSA) is 112 Å². The van der Waals surface area contributed by atoms with Crippen LogP contribution in [-0.4, -0.2) is 25.3 Å². The lowest BCUT2D eigenvalue weighted by atomic mass is 10.1. The average Bonchev–Trinajstić information content (AvgIpc) is 2.94. The summed E-state index contributed by atoms with van der Waals surface area (Å²) in [5.74, 6) is 0.144. The molecule has 0 fully saturated rings. The summed E-state index contributed by atoms with van der Waals surface area (Å²) >= 11 is 0. The van der Waals surface area contributed by atoms with E-state index in [0.717, 1.165) is 0 Å². The number of hydrogen-bond acceptors (Lipinski definition) is 5. The van der Waals surface area contributed by atoms with Gasteiger partial charge in [0, 0.05) is 11.1 Å². The van der Waals surface area contributed by atoms with Crippen molar-refractivity contribution in [1.82, 2.24) is 10.2 Å². The molecule has 3 aromatic rings. The Labute approximate surface area is 124 Å². The molecule has 0 aliphatic heterocycles. The molecule has 0 spiro atoms. The van der Waals surface area contributed by atoms with Crippen LogP contribution in [0.2, 0.25) is 0 Å². The maximum Gasteiger partial charge on any atom is 0.322 e. The number of phenols is 2. The van der Waals surface area contributed by atoms with Crippen LogP contribution in [0.4, 0.5) is 5.69 Å². The molecule has 1 heterocycles. The van der Waals surface area contributed by atoms with Crippen LogP contribution in [0.5, 0.6) is 11.5 Å². The second-order valence-corrected chi connectivity index (χ2v) is 4.65. The van der Waals surface area contributed by atoms with E-state index >= 15 is 0 Å². The molecule has 3 rings (SSSR count). The molecule has 7 heteroatoms. The zero-order chi connectivity index (χ0) is 15.7. The van der Waals surface area contributed by atoms with E-state index in [2.05, 4.69) is 10.2 Å². The summed E-state index contributed by atoms with van der Waals surface area (Å²) in [5.41, 5.74) is 1.35. The average molecular weight is 297 g/mol. The molecular weight excluding hydrogens is 286 g/mol. The number of aromatic amines is 1. The SMILES string of the molecule is O=[N+]([O-])c1c(-c2ccc(O)cc2)n[nH]c1-c1ccc(O)cc1. The minimum atomic E-state index is -0.506. The smallest absolute Gasteiger partial charge is 0.322 e. The molecule has 0 unspecified atom stereocenters. The zero-order valence-corrected chi connectivity index (χ0v) is 11.2. The Balaban J connectivity index is 2.15. The number of nitrogens with one attached hydrogen (secondary N) is 1. The summed E-state index contributed by atoms with van der Waals surface area (Å²) in [5, 5.41) is 36.7. The van der Waals surface area contributed by atoms with E-state index in [-0.39, 0.29) is 28.6 Å². The van der Waals surface area contributed by atoms with Gasteiger partial charge in [0.1, 0.15) is 17.2 Å². The molecule has 110 valence electrons. The lowest BCUT2D eigenvalue weighted by molar-refractivity contribution is -0.383. The number of benzene rings is 2. The third kappa shape index (κ3) is 2.35. The molecule has 2 aromatic carbocycles. The number of aromatic hydroxyl groups is 2. The van der Waals surface area contributed by atoms with Crippen LogP contribution in [-0.2, 0) is 0 Å². The van der Waals surface area contributed by atoms with Crippen molar-refractivity contribution in [2.75, 3.05) is 0 Å². The van der Waals surface area contributed by atoms with E-state index in [0.29, 0.717) is 11.1 Å². The highest BCUT2D eigenvalue weighted by atomic mass is 16.6. The van der Waals surface area contributed by atoms with Gasteiger partial charge in [-0.25, -0.2) is 0 Å². The number of rotatable bonds is 3. The first-order valence-electron chi connectivity index (χ1n) is 6.38. The Hall–Kier alpha value is -3.35. The molecule has 0 aliphatic carbocycles. The quantitative estimate of drug-likeness (QED) is 0.508. The van der Waals surface area contributed by atoms with Crippen LogP contribution in [0.15, 0.2) is 48.5 Å². The van der Waals surface area contributed by atoms with Crippen LogP contribution in [0.1, 0.15) is 0 Å². The summed E-state index contributed by atoms with van der Waals surface area (Å²) in [6.45, 7) is 0. The molecule has 0 radical (unpaired) electrons. The molecule has 1 aromatic heterocycles. The van der Waals surface area contributed by atoms with Crippen molar-refractivity contribution < 1.29 is 15.1 Å². The highest BCUT2D eigenvalue weighted by Gasteiger charge is 2.26. The van der Waals surface area contributed by atoms with E-state index in [1.54, 1.807) is 24.3 Å². The first-order valence-corrected chi connectivity index (χ1v) is 6.38. The van der Waals surface area contributed by atoms with Gasteiger partial charge in [0.2, 0.25) is 0 Å². The predicted octanol–water partition coefficient (Wildman–Crippen LogP) is 3.06. The second-order valence-electron chi connectivity index (χ2n) is 4.65. The standard InChI is InChI=1S/C15H11N3O4/c19-11-5-1-9(2-6-11)13-15(18(21)22)14(17-16-13)10-3-7-12(20)8-4-10/h1-8,19-20H,(H,16,17). The highest BCUT2D eigenvalue weighted by molar-refractivity contribution is 5.82. The predicted molar refractivity (Wildman–Crippen MR) is 79.4 cm³/mol. The second kappa shape index (κ2) is 5.21. The first-order chi connectivity index (χ1) is 10.6. The van der Waals surface area contributed by atoms with Gasteiger partial charge < -0.3 is 10.2 Å². The van der Waals surface area contributed by atoms with Gasteiger partial charge >= 0.3 is 5.69 Å². The van der Waals surface area contributed by atoms with E-state index in [9.17, 15) is 20.3 Å². The zero-order valence-electron chi connectivity index (χ0n) is 11.2. The third-order valence-corrected chi connectivity index (χ3v) is 3.22. The van der Waals surface area contributed by atoms with E-state index in [1.807, 2.05) is 0 Å². The molecule has 0 saturated carbocycles. The number of nitro groups is 1. The van der Waals surface area contributed by atoms with Crippen LogP contribution in [0, 0.1) is 10.1 Å². The number of nitrogens with zero attached hydrogens (tertiary/aromatic N) is 2.